The van der Waals surface area contributed by atoms with Gasteiger partial charge in [0.25, 0.3) is 5.91 Å². The van der Waals surface area contributed by atoms with Crippen LogP contribution in [-0.4, -0.2) is 53.4 Å². The second kappa shape index (κ2) is 9.99. The van der Waals surface area contributed by atoms with Gasteiger partial charge in [0.15, 0.2) is 5.67 Å². The smallest absolute Gasteiger partial charge is 0.350 e. The molecule has 1 aliphatic heterocycles. The fourth-order valence-electron chi connectivity index (χ4n) is 4.70. The Morgan fingerprint density at radius 3 is 2.65 bits per heavy atom. The minimum Gasteiger partial charge on any atom is -0.350 e. The van der Waals surface area contributed by atoms with Crippen LogP contribution in [0.2, 0.25) is 0 Å². The molecule has 0 spiro atoms. The van der Waals surface area contributed by atoms with Gasteiger partial charge in [0.2, 0.25) is 5.91 Å². The van der Waals surface area contributed by atoms with Gasteiger partial charge in [0, 0.05) is 42.3 Å². The number of carbonyl (C=O) groups is 2. The number of thiazole rings is 1. The lowest BCUT2D eigenvalue weighted by Gasteiger charge is -2.37. The molecule has 2 amide bonds. The molecule has 1 aliphatic carbocycles. The summed E-state index contributed by atoms with van der Waals surface area (Å²) in [6, 6.07) is 4.23. The fourth-order valence-corrected chi connectivity index (χ4v) is 5.49. The Labute approximate surface area is 198 Å². The number of hydrogen-bond acceptors (Lipinski definition) is 5. The first-order valence-electron chi connectivity index (χ1n) is 11.2. The topological polar surface area (TPSA) is 74.3 Å². The highest BCUT2D eigenvalue weighted by atomic mass is 32.1. The van der Waals surface area contributed by atoms with E-state index in [1.54, 1.807) is 11.6 Å². The molecule has 184 valence electrons. The average molecular weight is 499 g/mol. The maximum absolute atomic E-state index is 15.2. The molecule has 1 saturated heterocycles. The maximum atomic E-state index is 15.2. The first kappa shape index (κ1) is 24.6. The third-order valence-corrected chi connectivity index (χ3v) is 7.48. The highest BCUT2D eigenvalue weighted by Crippen LogP contribution is 2.43. The predicted molar refractivity (Wildman–Crippen MR) is 119 cm³/mol. The zero-order valence-electron chi connectivity index (χ0n) is 18.4. The van der Waals surface area contributed by atoms with E-state index in [-0.39, 0.29) is 24.2 Å². The third kappa shape index (κ3) is 5.75. The van der Waals surface area contributed by atoms with Crippen molar-refractivity contribution in [3.63, 3.8) is 0 Å². The van der Waals surface area contributed by atoms with Crippen LogP contribution in [0.5, 0.6) is 0 Å². The van der Waals surface area contributed by atoms with Crippen molar-refractivity contribution < 1.29 is 27.2 Å². The van der Waals surface area contributed by atoms with Crippen molar-refractivity contribution in [3.8, 4) is 0 Å². The van der Waals surface area contributed by atoms with Gasteiger partial charge in [0.1, 0.15) is 5.01 Å². The highest BCUT2D eigenvalue weighted by Gasteiger charge is 2.41. The number of nitrogens with zero attached hydrogens (tertiary/aromatic N) is 2. The Bertz CT molecular complexity index is 1010. The highest BCUT2D eigenvalue weighted by molar-refractivity contribution is 7.09. The third-order valence-electron chi connectivity index (χ3n) is 6.53. The summed E-state index contributed by atoms with van der Waals surface area (Å²) in [6.45, 7) is 1.12. The van der Waals surface area contributed by atoms with Crippen LogP contribution in [-0.2, 0) is 16.6 Å². The van der Waals surface area contributed by atoms with E-state index in [9.17, 15) is 22.8 Å². The molecule has 34 heavy (non-hydrogen) atoms. The molecule has 0 bridgehead atoms. The van der Waals surface area contributed by atoms with Gasteiger partial charge in [-0.15, -0.1) is 11.3 Å². The summed E-state index contributed by atoms with van der Waals surface area (Å²) in [6.07, 6.45) is 0.140. The lowest BCUT2D eigenvalue weighted by atomic mass is 9.83. The van der Waals surface area contributed by atoms with Crippen molar-refractivity contribution in [2.24, 2.45) is 0 Å². The molecule has 1 atom stereocenters. The molecule has 2 heterocycles. The summed E-state index contributed by atoms with van der Waals surface area (Å²) in [7, 11) is 0. The van der Waals surface area contributed by atoms with Crippen LogP contribution in [0.3, 0.4) is 0 Å². The van der Waals surface area contributed by atoms with E-state index in [0.29, 0.717) is 24.4 Å². The van der Waals surface area contributed by atoms with Crippen LogP contribution in [0, 0.1) is 0 Å². The number of alkyl halides is 4. The van der Waals surface area contributed by atoms with Crippen molar-refractivity contribution in [2.75, 3.05) is 19.6 Å². The van der Waals surface area contributed by atoms with Gasteiger partial charge in [-0.3, -0.25) is 14.5 Å². The van der Waals surface area contributed by atoms with E-state index in [1.165, 1.54) is 17.4 Å². The first-order valence-corrected chi connectivity index (χ1v) is 12.1. The second-order valence-corrected chi connectivity index (χ2v) is 9.74. The van der Waals surface area contributed by atoms with E-state index < -0.39 is 29.2 Å². The van der Waals surface area contributed by atoms with Crippen molar-refractivity contribution in [1.29, 1.82) is 0 Å². The van der Waals surface area contributed by atoms with Crippen LogP contribution in [0.4, 0.5) is 17.6 Å². The van der Waals surface area contributed by atoms with Gasteiger partial charge in [-0.05, 0) is 50.3 Å². The lowest BCUT2D eigenvalue weighted by molar-refractivity contribution is -0.137. The van der Waals surface area contributed by atoms with Gasteiger partial charge in [-0.1, -0.05) is 6.07 Å². The molecular weight excluding hydrogens is 472 g/mol. The Hall–Kier alpha value is -2.53. The molecule has 4 rings (SSSR count). The first-order chi connectivity index (χ1) is 16.1. The summed E-state index contributed by atoms with van der Waals surface area (Å²) in [5.74, 6) is -1.14. The quantitative estimate of drug-likeness (QED) is 0.593. The van der Waals surface area contributed by atoms with Crippen LogP contribution in [0.25, 0.3) is 0 Å². The molecule has 2 aromatic rings. The number of halogens is 4. The predicted octanol–water partition coefficient (Wildman–Crippen LogP) is 3.89. The van der Waals surface area contributed by atoms with E-state index in [1.807, 2.05) is 0 Å². The Balaban J connectivity index is 1.21. The summed E-state index contributed by atoms with van der Waals surface area (Å²) < 4.78 is 53.6. The van der Waals surface area contributed by atoms with Gasteiger partial charge in [-0.2, -0.15) is 13.2 Å². The van der Waals surface area contributed by atoms with Crippen molar-refractivity contribution in [3.05, 3.63) is 52.0 Å². The molecule has 11 heteroatoms. The molecule has 2 N–H and O–H groups in total. The van der Waals surface area contributed by atoms with E-state index in [4.69, 9.17) is 0 Å². The van der Waals surface area contributed by atoms with Crippen LogP contribution < -0.4 is 10.6 Å². The Morgan fingerprint density at radius 2 is 1.97 bits per heavy atom. The SMILES string of the molecule is O=C(CNC(=O)c1cccc(C(F)(F)F)c1)N[C@@H]1CCN(C2CCC(F)(c3nccs3)CC2)C1. The maximum Gasteiger partial charge on any atom is 0.416 e. The van der Waals surface area contributed by atoms with Gasteiger partial charge >= 0.3 is 6.18 Å². The fraction of sp³-hybridized carbons (Fsp3) is 0.522. The van der Waals surface area contributed by atoms with Crippen LogP contribution in [0.1, 0.15) is 53.0 Å². The zero-order chi connectivity index (χ0) is 24.3. The lowest BCUT2D eigenvalue weighted by Crippen LogP contribution is -2.45. The van der Waals surface area contributed by atoms with Gasteiger partial charge in [0.05, 0.1) is 12.1 Å². The van der Waals surface area contributed by atoms with Gasteiger partial charge in [-0.25, -0.2) is 9.37 Å². The molecule has 1 saturated carbocycles. The summed E-state index contributed by atoms with van der Waals surface area (Å²) in [5.41, 5.74) is -2.43. The standard InChI is InChI=1S/C23H26F4N4O2S/c24-22(21-28-9-11-34-21)7-4-18(5-8-22)31-10-6-17(14-31)30-19(32)13-29-20(33)15-2-1-3-16(12-15)23(25,26)27/h1-3,9,11-12,17-18H,4-8,10,13-14H2,(H,29,33)(H,30,32)/t17-,18?,22?/m1/s1. The second-order valence-electron chi connectivity index (χ2n) is 8.84. The molecule has 0 radical (unpaired) electrons. The molecule has 0 unspecified atom stereocenters. The molecule has 2 aliphatic rings. The average Bonchev–Trinajstić information content (AvgIpc) is 3.51. The van der Waals surface area contributed by atoms with Crippen molar-refractivity contribution in [2.45, 2.75) is 56.0 Å². The molecule has 1 aromatic carbocycles. The van der Waals surface area contributed by atoms with Crippen LogP contribution >= 0.6 is 11.3 Å². The minimum atomic E-state index is -4.55. The Morgan fingerprint density at radius 1 is 1.21 bits per heavy atom. The zero-order valence-corrected chi connectivity index (χ0v) is 19.2. The monoisotopic (exact) mass is 498 g/mol. The number of carbonyl (C=O) groups excluding carboxylic acids is 2. The number of amides is 2. The summed E-state index contributed by atoms with van der Waals surface area (Å²) in [4.78, 5) is 30.9. The molecule has 2 fully saturated rings. The number of aromatic nitrogens is 1. The van der Waals surface area contributed by atoms with Crippen molar-refractivity contribution >= 4 is 23.2 Å². The van der Waals surface area contributed by atoms with Crippen LogP contribution in [0.15, 0.2) is 35.8 Å². The summed E-state index contributed by atoms with van der Waals surface area (Å²) in [5, 5.41) is 7.58. The molecular formula is C23H26F4N4O2S. The summed E-state index contributed by atoms with van der Waals surface area (Å²) >= 11 is 1.35. The van der Waals surface area contributed by atoms with E-state index >= 15 is 4.39 Å². The Kier molecular flexibility index (Phi) is 7.22. The number of likely N-dealkylation sites (tertiary alicyclic amines) is 1. The van der Waals surface area contributed by atoms with Crippen molar-refractivity contribution in [1.82, 2.24) is 20.5 Å². The number of nitrogens with one attached hydrogen (secondary N) is 2. The number of rotatable bonds is 6. The number of hydrogen-bond donors (Lipinski definition) is 2. The number of benzene rings is 1. The normalized spacial score (nSPS) is 25.8. The van der Waals surface area contributed by atoms with Gasteiger partial charge < -0.3 is 10.6 Å². The largest absolute Gasteiger partial charge is 0.416 e. The van der Waals surface area contributed by atoms with E-state index in [0.717, 1.165) is 44.0 Å². The minimum absolute atomic E-state index is 0.0889. The molecule has 6 nitrogen and oxygen atoms in total. The van der Waals surface area contributed by atoms with E-state index in [2.05, 4.69) is 20.5 Å². The molecule has 1 aromatic heterocycles.